The summed E-state index contributed by atoms with van der Waals surface area (Å²) in [6.07, 6.45) is 0. The largest absolute Gasteiger partial charge is 0.204 e. The van der Waals surface area contributed by atoms with E-state index in [1.54, 1.807) is 0 Å². The van der Waals surface area contributed by atoms with Crippen LogP contribution >= 0.6 is 34.8 Å². The van der Waals surface area contributed by atoms with Crippen LogP contribution < -0.4 is 0 Å². The van der Waals surface area contributed by atoms with Crippen molar-refractivity contribution in [2.45, 2.75) is 0 Å². The molecule has 0 heterocycles. The minimum atomic E-state index is -0.625. The van der Waals surface area contributed by atoms with Gasteiger partial charge < -0.3 is 0 Å². The number of hydrogen-bond donors (Lipinski definition) is 0. The van der Waals surface area contributed by atoms with Crippen LogP contribution in [0.25, 0.3) is 0 Å². The van der Waals surface area contributed by atoms with Crippen molar-refractivity contribution in [2.24, 2.45) is 0 Å². The van der Waals surface area contributed by atoms with E-state index in [1.807, 2.05) is 0 Å². The average molecular weight is 237 g/mol. The Hall–Kier alpha value is -0.420. The zero-order valence-corrected chi connectivity index (χ0v) is 8.64. The topological polar surface area (TPSA) is 0 Å². The Balaban J connectivity index is 3.13. The van der Waals surface area contributed by atoms with Crippen molar-refractivity contribution in [1.82, 2.24) is 0 Å². The summed E-state index contributed by atoms with van der Waals surface area (Å²) in [4.78, 5) is 0. The van der Waals surface area contributed by atoms with Crippen LogP contribution in [-0.2, 0) is 0 Å². The number of halogens is 4. The predicted molar refractivity (Wildman–Crippen MR) is 54.0 cm³/mol. The Kier molecular flexibility index (Phi) is 3.87. The summed E-state index contributed by atoms with van der Waals surface area (Å²) in [6, 6.07) is 2.81. The average Bonchev–Trinajstić information content (AvgIpc) is 2.10. The van der Waals surface area contributed by atoms with E-state index in [1.165, 1.54) is 12.1 Å². The first kappa shape index (κ1) is 10.7. The third-order valence-corrected chi connectivity index (χ3v) is 1.97. The van der Waals surface area contributed by atoms with E-state index in [9.17, 15) is 4.39 Å². The first-order valence-electron chi connectivity index (χ1n) is 3.34. The van der Waals surface area contributed by atoms with Gasteiger partial charge in [-0.05, 0) is 12.1 Å². The van der Waals surface area contributed by atoms with E-state index in [0.717, 1.165) is 0 Å². The van der Waals surface area contributed by atoms with Gasteiger partial charge in [0.25, 0.3) is 0 Å². The van der Waals surface area contributed by atoms with Crippen molar-refractivity contribution in [1.29, 1.82) is 0 Å². The Morgan fingerprint density at radius 1 is 1.23 bits per heavy atom. The standard InChI is InChI=1S/C9H4Cl3F/c10-3-1-2-6-4-7(11)9(13)8(12)5-6/h4-5H,3H2. The number of alkyl halides is 1. The fourth-order valence-electron chi connectivity index (χ4n) is 0.763. The Morgan fingerprint density at radius 2 is 1.77 bits per heavy atom. The number of rotatable bonds is 0. The van der Waals surface area contributed by atoms with Crippen molar-refractivity contribution in [3.8, 4) is 11.8 Å². The van der Waals surface area contributed by atoms with Gasteiger partial charge in [0.2, 0.25) is 0 Å². The molecule has 0 atom stereocenters. The molecular weight excluding hydrogens is 233 g/mol. The smallest absolute Gasteiger partial charge is 0.160 e. The first-order chi connectivity index (χ1) is 6.15. The zero-order valence-electron chi connectivity index (χ0n) is 6.37. The summed E-state index contributed by atoms with van der Waals surface area (Å²) in [5.41, 5.74) is 0.553. The lowest BCUT2D eigenvalue weighted by Crippen LogP contribution is -1.82. The Labute approximate surface area is 90.6 Å². The third-order valence-electron chi connectivity index (χ3n) is 1.28. The second-order valence-corrected chi connectivity index (χ2v) is 3.27. The number of hydrogen-bond acceptors (Lipinski definition) is 0. The third kappa shape index (κ3) is 2.77. The molecule has 13 heavy (non-hydrogen) atoms. The summed E-state index contributed by atoms with van der Waals surface area (Å²) < 4.78 is 12.9. The molecule has 0 aliphatic carbocycles. The van der Waals surface area contributed by atoms with Crippen LogP contribution in [0.5, 0.6) is 0 Å². The quantitative estimate of drug-likeness (QED) is 0.366. The van der Waals surface area contributed by atoms with E-state index < -0.39 is 5.82 Å². The lowest BCUT2D eigenvalue weighted by Gasteiger charge is -1.97. The molecule has 0 saturated carbocycles. The van der Waals surface area contributed by atoms with Crippen molar-refractivity contribution in [3.63, 3.8) is 0 Å². The van der Waals surface area contributed by atoms with E-state index >= 15 is 0 Å². The molecule has 0 bridgehead atoms. The maximum absolute atomic E-state index is 12.9. The van der Waals surface area contributed by atoms with E-state index in [4.69, 9.17) is 34.8 Å². The SMILES string of the molecule is Fc1c(Cl)cc(C#CCCl)cc1Cl. The van der Waals surface area contributed by atoms with Crippen molar-refractivity contribution in [2.75, 3.05) is 5.88 Å². The highest BCUT2D eigenvalue weighted by atomic mass is 35.5. The molecule has 1 aromatic rings. The zero-order chi connectivity index (χ0) is 9.84. The molecule has 0 amide bonds. The van der Waals surface area contributed by atoms with Crippen LogP contribution in [0.2, 0.25) is 10.0 Å². The van der Waals surface area contributed by atoms with Gasteiger partial charge in [-0.2, -0.15) is 0 Å². The van der Waals surface area contributed by atoms with Crippen LogP contribution in [0.4, 0.5) is 4.39 Å². The van der Waals surface area contributed by atoms with Gasteiger partial charge in [0.1, 0.15) is 0 Å². The molecule has 0 N–H and O–H groups in total. The predicted octanol–water partition coefficient (Wildman–Crippen LogP) is 3.72. The lowest BCUT2D eigenvalue weighted by atomic mass is 10.2. The molecule has 0 aliphatic rings. The highest BCUT2D eigenvalue weighted by Gasteiger charge is 2.05. The fraction of sp³-hybridized carbons (Fsp3) is 0.111. The van der Waals surface area contributed by atoms with Crippen molar-refractivity contribution >= 4 is 34.8 Å². The Bertz CT molecular complexity index is 353. The molecule has 4 heteroatoms. The minimum Gasteiger partial charge on any atom is -0.204 e. The molecule has 0 nitrogen and oxygen atoms in total. The number of benzene rings is 1. The first-order valence-corrected chi connectivity index (χ1v) is 4.63. The maximum atomic E-state index is 12.9. The van der Waals surface area contributed by atoms with Gasteiger partial charge >= 0.3 is 0 Å². The highest BCUT2D eigenvalue weighted by Crippen LogP contribution is 2.24. The maximum Gasteiger partial charge on any atom is 0.160 e. The second-order valence-electron chi connectivity index (χ2n) is 2.19. The molecule has 0 radical (unpaired) electrons. The van der Waals surface area contributed by atoms with Gasteiger partial charge in [-0.25, -0.2) is 4.39 Å². The summed E-state index contributed by atoms with van der Waals surface area (Å²) in [6.45, 7) is 0. The normalized spacial score (nSPS) is 9.23. The summed E-state index contributed by atoms with van der Waals surface area (Å²) >= 11 is 16.4. The van der Waals surface area contributed by atoms with Crippen LogP contribution in [0, 0.1) is 17.7 Å². The molecular formula is C9H4Cl3F. The molecule has 1 aromatic carbocycles. The molecule has 0 unspecified atom stereocenters. The van der Waals surface area contributed by atoms with E-state index in [-0.39, 0.29) is 15.9 Å². The lowest BCUT2D eigenvalue weighted by molar-refractivity contribution is 0.628. The highest BCUT2D eigenvalue weighted by molar-refractivity contribution is 6.35. The monoisotopic (exact) mass is 236 g/mol. The molecule has 0 saturated heterocycles. The van der Waals surface area contributed by atoms with Gasteiger partial charge in [-0.3, -0.25) is 0 Å². The van der Waals surface area contributed by atoms with Crippen LogP contribution in [0.15, 0.2) is 12.1 Å². The summed E-state index contributed by atoms with van der Waals surface area (Å²) in [5, 5.41) is -0.0715. The fourth-order valence-corrected chi connectivity index (χ4v) is 1.32. The molecule has 0 fully saturated rings. The molecule has 1 rings (SSSR count). The van der Waals surface area contributed by atoms with Gasteiger partial charge in [-0.1, -0.05) is 35.0 Å². The Morgan fingerprint density at radius 3 is 2.23 bits per heavy atom. The molecule has 0 aliphatic heterocycles. The minimum absolute atomic E-state index is 0.0358. The van der Waals surface area contributed by atoms with Gasteiger partial charge in [-0.15, -0.1) is 11.6 Å². The van der Waals surface area contributed by atoms with E-state index in [2.05, 4.69) is 11.8 Å². The van der Waals surface area contributed by atoms with Crippen LogP contribution in [0.3, 0.4) is 0 Å². The summed E-state index contributed by atoms with van der Waals surface area (Å²) in [5.74, 6) is 4.89. The molecule has 68 valence electrons. The molecule has 0 aromatic heterocycles. The van der Waals surface area contributed by atoms with E-state index in [0.29, 0.717) is 5.56 Å². The van der Waals surface area contributed by atoms with Gasteiger partial charge in [0.05, 0.1) is 15.9 Å². The molecule has 0 spiro atoms. The summed E-state index contributed by atoms with van der Waals surface area (Å²) in [7, 11) is 0. The van der Waals surface area contributed by atoms with Gasteiger partial charge in [0.15, 0.2) is 5.82 Å². The van der Waals surface area contributed by atoms with Crippen LogP contribution in [-0.4, -0.2) is 5.88 Å². The second kappa shape index (κ2) is 4.72. The van der Waals surface area contributed by atoms with Gasteiger partial charge in [0, 0.05) is 5.56 Å². The van der Waals surface area contributed by atoms with Crippen molar-refractivity contribution < 1.29 is 4.39 Å². The van der Waals surface area contributed by atoms with Crippen molar-refractivity contribution in [3.05, 3.63) is 33.6 Å². The van der Waals surface area contributed by atoms with Crippen LogP contribution in [0.1, 0.15) is 5.56 Å².